The molecule has 3 aromatic rings. The van der Waals surface area contributed by atoms with Crippen molar-refractivity contribution in [2.75, 3.05) is 0 Å². The van der Waals surface area contributed by atoms with Crippen molar-refractivity contribution in [2.45, 2.75) is 40.3 Å². The first-order valence-corrected chi connectivity index (χ1v) is 8.95. The van der Waals surface area contributed by atoms with Crippen molar-refractivity contribution < 1.29 is 4.79 Å². The van der Waals surface area contributed by atoms with Crippen LogP contribution in [0, 0.1) is 20.8 Å². The third-order valence-corrected chi connectivity index (χ3v) is 4.76. The average Bonchev–Trinajstić information content (AvgIpc) is 3.02. The van der Waals surface area contributed by atoms with E-state index < -0.39 is 0 Å². The lowest BCUT2D eigenvalue weighted by Gasteiger charge is -2.12. The zero-order valence-corrected chi connectivity index (χ0v) is 16.0. The summed E-state index contributed by atoms with van der Waals surface area (Å²) in [6.07, 6.45) is 1.76. The van der Waals surface area contributed by atoms with Gasteiger partial charge in [-0.05, 0) is 44.9 Å². The number of aromatic amines is 1. The Labute approximate surface area is 158 Å². The Hall–Kier alpha value is -3.15. The molecule has 0 saturated carbocycles. The molecule has 6 nitrogen and oxygen atoms in total. The van der Waals surface area contributed by atoms with Crippen molar-refractivity contribution in [1.29, 1.82) is 0 Å². The van der Waals surface area contributed by atoms with Gasteiger partial charge in [0.05, 0.1) is 17.3 Å². The van der Waals surface area contributed by atoms with Crippen LogP contribution >= 0.6 is 0 Å². The molecule has 2 N–H and O–H groups in total. The average molecular weight is 364 g/mol. The minimum Gasteiger partial charge on any atom is -0.348 e. The van der Waals surface area contributed by atoms with Crippen molar-refractivity contribution in [3.8, 4) is 0 Å². The number of rotatable bonds is 5. The van der Waals surface area contributed by atoms with Gasteiger partial charge in [-0.25, -0.2) is 0 Å². The molecule has 0 fully saturated rings. The highest BCUT2D eigenvalue weighted by molar-refractivity contribution is 5.95. The van der Waals surface area contributed by atoms with E-state index in [1.165, 1.54) is 0 Å². The number of benzene rings is 1. The summed E-state index contributed by atoms with van der Waals surface area (Å²) in [7, 11) is 0. The second-order valence-electron chi connectivity index (χ2n) is 6.82. The van der Waals surface area contributed by atoms with E-state index in [9.17, 15) is 9.59 Å². The van der Waals surface area contributed by atoms with Crippen LogP contribution in [0.5, 0.6) is 0 Å². The number of hydrogen-bond donors (Lipinski definition) is 2. The Morgan fingerprint density at radius 3 is 2.59 bits per heavy atom. The van der Waals surface area contributed by atoms with Gasteiger partial charge in [0, 0.05) is 24.0 Å². The number of nitrogens with zero attached hydrogens (tertiary/aromatic N) is 2. The topological polar surface area (TPSA) is 79.8 Å². The summed E-state index contributed by atoms with van der Waals surface area (Å²) in [6.45, 7) is 7.74. The number of carbonyl (C=O) groups excluding carboxylic acids is 1. The predicted octanol–water partition coefficient (Wildman–Crippen LogP) is 3.04. The van der Waals surface area contributed by atoms with Crippen molar-refractivity contribution in [3.63, 3.8) is 0 Å². The zero-order valence-electron chi connectivity index (χ0n) is 16.0. The molecule has 0 saturated heterocycles. The SMILES string of the molecule is Cc1cc(C)c(CNC(=O)c2cn([C@H](C)c3ccccc3)nc2C)c(=O)[nH]1. The number of hydrogen-bond acceptors (Lipinski definition) is 3. The summed E-state index contributed by atoms with van der Waals surface area (Å²) in [5, 5.41) is 7.33. The number of H-pyrrole nitrogens is 1. The first-order chi connectivity index (χ1) is 12.9. The van der Waals surface area contributed by atoms with Crippen molar-refractivity contribution >= 4 is 5.91 Å². The molecule has 0 radical (unpaired) electrons. The summed E-state index contributed by atoms with van der Waals surface area (Å²) in [6, 6.07) is 11.9. The third-order valence-electron chi connectivity index (χ3n) is 4.76. The highest BCUT2D eigenvalue weighted by Crippen LogP contribution is 2.18. The van der Waals surface area contributed by atoms with Gasteiger partial charge in [0.25, 0.3) is 11.5 Å². The van der Waals surface area contributed by atoms with Gasteiger partial charge >= 0.3 is 0 Å². The molecule has 0 aliphatic rings. The summed E-state index contributed by atoms with van der Waals surface area (Å²) in [5.41, 5.74) is 4.35. The fraction of sp³-hybridized carbons (Fsp3) is 0.286. The molecule has 140 valence electrons. The molecule has 6 heteroatoms. The molecule has 1 amide bonds. The predicted molar refractivity (Wildman–Crippen MR) is 105 cm³/mol. The summed E-state index contributed by atoms with van der Waals surface area (Å²) >= 11 is 0. The molecule has 1 atom stereocenters. The van der Waals surface area contributed by atoms with E-state index in [2.05, 4.69) is 15.4 Å². The van der Waals surface area contributed by atoms with Crippen LogP contribution in [0.4, 0.5) is 0 Å². The van der Waals surface area contributed by atoms with Gasteiger partial charge in [0.1, 0.15) is 0 Å². The second kappa shape index (κ2) is 7.61. The molecule has 0 bridgehead atoms. The van der Waals surface area contributed by atoms with E-state index in [0.717, 1.165) is 16.8 Å². The highest BCUT2D eigenvalue weighted by atomic mass is 16.2. The van der Waals surface area contributed by atoms with Gasteiger partial charge in [-0.1, -0.05) is 30.3 Å². The van der Waals surface area contributed by atoms with Crippen LogP contribution in [0.3, 0.4) is 0 Å². The van der Waals surface area contributed by atoms with Gasteiger partial charge in [-0.2, -0.15) is 5.10 Å². The minimum absolute atomic E-state index is 0.0219. The largest absolute Gasteiger partial charge is 0.348 e. The smallest absolute Gasteiger partial charge is 0.255 e. The van der Waals surface area contributed by atoms with Crippen LogP contribution in [0.2, 0.25) is 0 Å². The van der Waals surface area contributed by atoms with E-state index in [4.69, 9.17) is 0 Å². The molecule has 1 aromatic carbocycles. The Morgan fingerprint density at radius 1 is 1.22 bits per heavy atom. The lowest BCUT2D eigenvalue weighted by molar-refractivity contribution is 0.0950. The van der Waals surface area contributed by atoms with Crippen LogP contribution in [0.25, 0.3) is 0 Å². The monoisotopic (exact) mass is 364 g/mol. The summed E-state index contributed by atoms with van der Waals surface area (Å²) < 4.78 is 1.80. The maximum Gasteiger partial charge on any atom is 0.255 e. The van der Waals surface area contributed by atoms with E-state index in [-0.39, 0.29) is 24.1 Å². The molecule has 3 rings (SSSR count). The fourth-order valence-corrected chi connectivity index (χ4v) is 3.15. The number of nitrogens with one attached hydrogen (secondary N) is 2. The van der Waals surface area contributed by atoms with Crippen molar-refractivity contribution in [1.82, 2.24) is 20.1 Å². The molecule has 0 unspecified atom stereocenters. The quantitative estimate of drug-likeness (QED) is 0.730. The number of carbonyl (C=O) groups is 1. The number of aryl methyl sites for hydroxylation is 3. The summed E-state index contributed by atoms with van der Waals surface area (Å²) in [5.74, 6) is -0.238. The normalized spacial score (nSPS) is 12.0. The molecular weight excluding hydrogens is 340 g/mol. The van der Waals surface area contributed by atoms with Crippen molar-refractivity contribution in [3.05, 3.63) is 86.6 Å². The minimum atomic E-state index is -0.238. The molecule has 0 spiro atoms. The van der Waals surface area contributed by atoms with E-state index >= 15 is 0 Å². The van der Waals surface area contributed by atoms with Gasteiger partial charge in [0.15, 0.2) is 0 Å². The van der Waals surface area contributed by atoms with Crippen molar-refractivity contribution in [2.24, 2.45) is 0 Å². The van der Waals surface area contributed by atoms with Crippen LogP contribution in [-0.2, 0) is 6.54 Å². The number of pyridine rings is 1. The van der Waals surface area contributed by atoms with Gasteiger partial charge in [-0.3, -0.25) is 14.3 Å². The second-order valence-corrected chi connectivity index (χ2v) is 6.82. The highest BCUT2D eigenvalue weighted by Gasteiger charge is 2.17. The molecule has 2 aromatic heterocycles. The Kier molecular flexibility index (Phi) is 5.26. The van der Waals surface area contributed by atoms with E-state index in [0.29, 0.717) is 16.8 Å². The third kappa shape index (κ3) is 4.00. The first-order valence-electron chi connectivity index (χ1n) is 8.95. The number of amides is 1. The maximum absolute atomic E-state index is 12.6. The standard InChI is InChI=1S/C21H24N4O2/c1-13-10-14(2)23-21(27)18(13)11-22-20(26)19-12-25(24-15(19)3)16(4)17-8-6-5-7-9-17/h5-10,12,16H,11H2,1-4H3,(H,22,26)(H,23,27)/t16-/m1/s1. The molecule has 27 heavy (non-hydrogen) atoms. The van der Waals surface area contributed by atoms with E-state index in [1.54, 1.807) is 10.9 Å². The maximum atomic E-state index is 12.6. The van der Waals surface area contributed by atoms with Crippen LogP contribution < -0.4 is 10.9 Å². The van der Waals surface area contributed by atoms with Crippen LogP contribution in [0.1, 0.15) is 51.4 Å². The molecule has 2 heterocycles. The van der Waals surface area contributed by atoms with E-state index in [1.807, 2.05) is 64.1 Å². The Balaban J connectivity index is 1.76. The number of aromatic nitrogens is 3. The lowest BCUT2D eigenvalue weighted by Crippen LogP contribution is -2.28. The Morgan fingerprint density at radius 2 is 1.93 bits per heavy atom. The molecule has 0 aliphatic carbocycles. The van der Waals surface area contributed by atoms with Gasteiger partial charge in [-0.15, -0.1) is 0 Å². The summed E-state index contributed by atoms with van der Waals surface area (Å²) in [4.78, 5) is 27.5. The zero-order chi connectivity index (χ0) is 19.6. The Bertz CT molecular complexity index is 1020. The van der Waals surface area contributed by atoms with Gasteiger partial charge < -0.3 is 10.3 Å². The molecular formula is C21H24N4O2. The first kappa shape index (κ1) is 18.6. The molecule has 0 aliphatic heterocycles. The fourth-order valence-electron chi connectivity index (χ4n) is 3.15. The van der Waals surface area contributed by atoms with Gasteiger partial charge in [0.2, 0.25) is 0 Å². The lowest BCUT2D eigenvalue weighted by atomic mass is 10.1. The van der Waals surface area contributed by atoms with Crippen LogP contribution in [0.15, 0.2) is 47.4 Å². The van der Waals surface area contributed by atoms with Crippen LogP contribution in [-0.4, -0.2) is 20.7 Å².